The Morgan fingerprint density at radius 2 is 2.08 bits per heavy atom. The number of benzene rings is 1. The number of para-hydroxylation sites is 1. The first kappa shape index (κ1) is 20.0. The quantitative estimate of drug-likeness (QED) is 0.681. The third kappa shape index (κ3) is 5.08. The van der Waals surface area contributed by atoms with E-state index in [1.54, 1.807) is 18.2 Å². The van der Waals surface area contributed by atoms with Crippen LogP contribution in [0.25, 0.3) is 10.9 Å². The van der Waals surface area contributed by atoms with E-state index in [9.17, 15) is 14.4 Å². The number of thioether (sulfide) groups is 1. The topological polar surface area (TPSA) is 101 Å². The number of amides is 1. The highest BCUT2D eigenvalue weighted by atomic mass is 32.2. The Bertz CT molecular complexity index is 837. The average Bonchev–Trinajstić information content (AvgIpc) is 2.65. The average molecular weight is 377 g/mol. The number of hydrogen-bond donors (Lipinski definition) is 2. The standard InChI is InChI=1S/C18H23N3O4S/c1-4-11(2)16(18(24)25-3)21-15(22)10-26-9-14-19-13-8-6-5-7-12(13)17(23)20-14/h5-8,11,16H,4,9-10H2,1-3H3,(H,21,22)(H,19,20,23)/t11-,16+/m1/s1. The van der Waals surface area contributed by atoms with Gasteiger partial charge in [0.15, 0.2) is 0 Å². The lowest BCUT2D eigenvalue weighted by atomic mass is 9.99. The molecule has 2 rings (SSSR count). The fraction of sp³-hybridized carbons (Fsp3) is 0.444. The molecule has 0 aliphatic rings. The smallest absolute Gasteiger partial charge is 0.328 e. The molecule has 0 radical (unpaired) electrons. The maximum Gasteiger partial charge on any atom is 0.328 e. The zero-order valence-electron chi connectivity index (χ0n) is 15.1. The number of aromatic nitrogens is 2. The number of nitrogens with one attached hydrogen (secondary N) is 2. The molecule has 1 amide bonds. The van der Waals surface area contributed by atoms with Gasteiger partial charge in [-0.15, -0.1) is 11.8 Å². The molecule has 2 aromatic rings. The summed E-state index contributed by atoms with van der Waals surface area (Å²) < 4.78 is 4.75. The van der Waals surface area contributed by atoms with E-state index >= 15 is 0 Å². The molecule has 0 saturated carbocycles. The van der Waals surface area contributed by atoms with Crippen LogP contribution in [0.5, 0.6) is 0 Å². The molecule has 0 bridgehead atoms. The summed E-state index contributed by atoms with van der Waals surface area (Å²) in [5, 5.41) is 3.25. The van der Waals surface area contributed by atoms with Crippen molar-refractivity contribution in [3.8, 4) is 0 Å². The van der Waals surface area contributed by atoms with Crippen molar-refractivity contribution in [3.63, 3.8) is 0 Å². The van der Waals surface area contributed by atoms with Crippen LogP contribution in [-0.2, 0) is 20.1 Å². The maximum atomic E-state index is 12.1. The molecule has 7 nitrogen and oxygen atoms in total. The normalized spacial score (nSPS) is 13.2. The molecule has 0 aliphatic carbocycles. The summed E-state index contributed by atoms with van der Waals surface area (Å²) in [5.41, 5.74) is 0.428. The van der Waals surface area contributed by atoms with Crippen LogP contribution in [-0.4, -0.2) is 40.7 Å². The zero-order chi connectivity index (χ0) is 19.1. The number of carbonyl (C=O) groups excluding carboxylic acids is 2. The Morgan fingerprint density at radius 1 is 1.35 bits per heavy atom. The summed E-state index contributed by atoms with van der Waals surface area (Å²) in [4.78, 5) is 43.1. The highest BCUT2D eigenvalue weighted by Crippen LogP contribution is 2.13. The van der Waals surface area contributed by atoms with Gasteiger partial charge in [-0.2, -0.15) is 0 Å². The van der Waals surface area contributed by atoms with Gasteiger partial charge >= 0.3 is 5.97 Å². The van der Waals surface area contributed by atoms with Crippen LogP contribution in [0.3, 0.4) is 0 Å². The lowest BCUT2D eigenvalue weighted by Gasteiger charge is -2.21. The number of esters is 1. The number of hydrogen-bond acceptors (Lipinski definition) is 6. The monoisotopic (exact) mass is 377 g/mol. The molecule has 2 N–H and O–H groups in total. The lowest BCUT2D eigenvalue weighted by molar-refractivity contribution is -0.146. The number of rotatable bonds is 8. The summed E-state index contributed by atoms with van der Waals surface area (Å²) >= 11 is 1.32. The number of fused-ring (bicyclic) bond motifs is 1. The van der Waals surface area contributed by atoms with Gasteiger partial charge in [0, 0.05) is 0 Å². The number of ether oxygens (including phenoxy) is 1. The first-order valence-electron chi connectivity index (χ1n) is 8.39. The van der Waals surface area contributed by atoms with Crippen LogP contribution in [0.2, 0.25) is 0 Å². The van der Waals surface area contributed by atoms with Gasteiger partial charge in [0.1, 0.15) is 11.9 Å². The number of H-pyrrole nitrogens is 1. The van der Waals surface area contributed by atoms with Crippen LogP contribution in [0.1, 0.15) is 26.1 Å². The Labute approximate surface area is 155 Å². The molecule has 0 fully saturated rings. The number of nitrogens with zero attached hydrogens (tertiary/aromatic N) is 1. The number of carbonyl (C=O) groups is 2. The van der Waals surface area contributed by atoms with E-state index in [0.29, 0.717) is 22.5 Å². The molecular weight excluding hydrogens is 354 g/mol. The Hall–Kier alpha value is -2.35. The van der Waals surface area contributed by atoms with Gasteiger partial charge in [-0.05, 0) is 18.1 Å². The summed E-state index contributed by atoms with van der Waals surface area (Å²) in [5.74, 6) is 0.333. The molecular formula is C18H23N3O4S. The van der Waals surface area contributed by atoms with E-state index in [-0.39, 0.29) is 23.1 Å². The highest BCUT2D eigenvalue weighted by Gasteiger charge is 2.26. The van der Waals surface area contributed by atoms with Crippen molar-refractivity contribution < 1.29 is 14.3 Å². The third-order valence-electron chi connectivity index (χ3n) is 4.12. The van der Waals surface area contributed by atoms with Crippen molar-refractivity contribution in [1.82, 2.24) is 15.3 Å². The van der Waals surface area contributed by atoms with Crippen molar-refractivity contribution in [2.75, 3.05) is 12.9 Å². The van der Waals surface area contributed by atoms with Crippen molar-refractivity contribution in [2.45, 2.75) is 32.1 Å². The number of aromatic amines is 1. The van der Waals surface area contributed by atoms with Crippen molar-refractivity contribution >= 4 is 34.5 Å². The second-order valence-corrected chi connectivity index (χ2v) is 6.96. The first-order chi connectivity index (χ1) is 12.5. The predicted octanol–water partition coefficient (Wildman–Crippen LogP) is 1.86. The molecule has 140 valence electrons. The Kier molecular flexibility index (Phi) is 7.20. The van der Waals surface area contributed by atoms with Crippen molar-refractivity contribution in [1.29, 1.82) is 0 Å². The summed E-state index contributed by atoms with van der Waals surface area (Å²) in [6, 6.07) is 6.44. The second-order valence-electron chi connectivity index (χ2n) is 5.98. The summed E-state index contributed by atoms with van der Waals surface area (Å²) in [6.45, 7) is 3.84. The predicted molar refractivity (Wildman–Crippen MR) is 102 cm³/mol. The lowest BCUT2D eigenvalue weighted by Crippen LogP contribution is -2.46. The Morgan fingerprint density at radius 3 is 2.77 bits per heavy atom. The fourth-order valence-electron chi connectivity index (χ4n) is 2.45. The molecule has 1 heterocycles. The van der Waals surface area contributed by atoms with Crippen molar-refractivity contribution in [2.24, 2.45) is 5.92 Å². The van der Waals surface area contributed by atoms with Gasteiger partial charge in [0.2, 0.25) is 5.91 Å². The maximum absolute atomic E-state index is 12.1. The van der Waals surface area contributed by atoms with Crippen LogP contribution in [0, 0.1) is 5.92 Å². The van der Waals surface area contributed by atoms with Crippen LogP contribution in [0.15, 0.2) is 29.1 Å². The molecule has 0 unspecified atom stereocenters. The van der Waals surface area contributed by atoms with E-state index < -0.39 is 12.0 Å². The number of methoxy groups -OCH3 is 1. The minimum atomic E-state index is -0.656. The molecule has 1 aromatic heterocycles. The van der Waals surface area contributed by atoms with Crippen LogP contribution < -0.4 is 10.9 Å². The van der Waals surface area contributed by atoms with Gasteiger partial charge in [0.05, 0.1) is 29.5 Å². The van der Waals surface area contributed by atoms with E-state index in [0.717, 1.165) is 6.42 Å². The fourth-order valence-corrected chi connectivity index (χ4v) is 3.16. The first-order valence-corrected chi connectivity index (χ1v) is 9.54. The van der Waals surface area contributed by atoms with E-state index in [4.69, 9.17) is 4.74 Å². The van der Waals surface area contributed by atoms with Gasteiger partial charge in [-0.25, -0.2) is 9.78 Å². The third-order valence-corrected chi connectivity index (χ3v) is 5.06. The second kappa shape index (κ2) is 9.38. The molecule has 26 heavy (non-hydrogen) atoms. The van der Waals surface area contributed by atoms with Gasteiger partial charge < -0.3 is 15.0 Å². The summed E-state index contributed by atoms with van der Waals surface area (Å²) in [7, 11) is 1.31. The van der Waals surface area contributed by atoms with Crippen LogP contribution in [0.4, 0.5) is 0 Å². The molecule has 0 spiro atoms. The molecule has 2 atom stereocenters. The molecule has 0 aliphatic heterocycles. The van der Waals surface area contributed by atoms with E-state index in [2.05, 4.69) is 15.3 Å². The minimum absolute atomic E-state index is 0.0186. The zero-order valence-corrected chi connectivity index (χ0v) is 15.9. The highest BCUT2D eigenvalue weighted by molar-refractivity contribution is 7.99. The molecule has 1 aromatic carbocycles. The molecule has 8 heteroatoms. The molecule has 0 saturated heterocycles. The largest absolute Gasteiger partial charge is 0.467 e. The van der Waals surface area contributed by atoms with Gasteiger partial charge in [-0.1, -0.05) is 32.4 Å². The Balaban J connectivity index is 1.93. The van der Waals surface area contributed by atoms with Gasteiger partial charge in [-0.3, -0.25) is 9.59 Å². The van der Waals surface area contributed by atoms with Crippen molar-refractivity contribution in [3.05, 3.63) is 40.4 Å². The van der Waals surface area contributed by atoms with Gasteiger partial charge in [0.25, 0.3) is 5.56 Å². The minimum Gasteiger partial charge on any atom is -0.467 e. The van der Waals surface area contributed by atoms with E-state index in [1.165, 1.54) is 18.9 Å². The summed E-state index contributed by atoms with van der Waals surface area (Å²) in [6.07, 6.45) is 0.745. The van der Waals surface area contributed by atoms with Crippen LogP contribution >= 0.6 is 11.8 Å². The SMILES string of the molecule is CC[C@@H](C)[C@H](NC(=O)CSCc1nc2ccccc2c(=O)[nH]1)C(=O)OC. The van der Waals surface area contributed by atoms with E-state index in [1.807, 2.05) is 19.9 Å².